The maximum atomic E-state index is 12.0. The lowest BCUT2D eigenvalue weighted by molar-refractivity contribution is -0.870. The second kappa shape index (κ2) is 11.8. The van der Waals surface area contributed by atoms with Crippen LogP contribution in [0.15, 0.2) is 12.2 Å². The van der Waals surface area contributed by atoms with Crippen LogP contribution in [0.5, 0.6) is 0 Å². The molecule has 0 aliphatic carbocycles. The number of ether oxygens (including phenoxy) is 1. The summed E-state index contributed by atoms with van der Waals surface area (Å²) in [6.07, 6.45) is -1.91. The van der Waals surface area contributed by atoms with Crippen LogP contribution >= 0.6 is 15.6 Å². The SMILES string of the molecule is C=C(C)C(=O)OC(COP(=O)([O-])OCC[N+](C)(C)C)OP(=O)([O-])OCC[N+](C)(C)C. The molecule has 0 saturated carbocycles. The van der Waals surface area contributed by atoms with Gasteiger partial charge < -0.3 is 37.1 Å². The van der Waals surface area contributed by atoms with Crippen LogP contribution in [0.2, 0.25) is 0 Å². The Bertz CT molecular complexity index is 672. The fraction of sp³-hybridized carbons (Fsp3) is 0.812. The van der Waals surface area contributed by atoms with E-state index in [0.29, 0.717) is 22.1 Å². The summed E-state index contributed by atoms with van der Waals surface area (Å²) in [5, 5.41) is 0. The zero-order valence-corrected chi connectivity index (χ0v) is 20.5. The molecule has 0 fully saturated rings. The van der Waals surface area contributed by atoms with Gasteiger partial charge in [0.05, 0.1) is 42.3 Å². The molecule has 0 aliphatic rings. The Morgan fingerprint density at radius 3 is 1.73 bits per heavy atom. The van der Waals surface area contributed by atoms with Crippen molar-refractivity contribution in [1.82, 2.24) is 0 Å². The van der Waals surface area contributed by atoms with Crippen LogP contribution in [0.3, 0.4) is 0 Å². The number of quaternary nitrogens is 2. The molecule has 0 aromatic rings. The van der Waals surface area contributed by atoms with Crippen LogP contribution in [-0.4, -0.2) is 96.4 Å². The van der Waals surface area contributed by atoms with Crippen molar-refractivity contribution < 1.29 is 55.5 Å². The van der Waals surface area contributed by atoms with Gasteiger partial charge in [-0.2, -0.15) is 0 Å². The van der Waals surface area contributed by atoms with Gasteiger partial charge in [0, 0.05) is 5.57 Å². The average molecular weight is 476 g/mol. The molecule has 12 nitrogen and oxygen atoms in total. The zero-order valence-electron chi connectivity index (χ0n) is 18.7. The molecule has 0 aliphatic heterocycles. The first kappa shape index (κ1) is 29.4. The van der Waals surface area contributed by atoms with Gasteiger partial charge in [0.2, 0.25) is 6.29 Å². The van der Waals surface area contributed by atoms with Crippen LogP contribution in [0, 0.1) is 0 Å². The summed E-state index contributed by atoms with van der Waals surface area (Å²) in [4.78, 5) is 35.6. The Morgan fingerprint density at radius 2 is 1.33 bits per heavy atom. The highest BCUT2D eigenvalue weighted by molar-refractivity contribution is 7.46. The van der Waals surface area contributed by atoms with Gasteiger partial charge in [0.1, 0.15) is 32.9 Å². The van der Waals surface area contributed by atoms with Crippen LogP contribution in [-0.2, 0) is 36.8 Å². The zero-order chi connectivity index (χ0) is 23.8. The molecule has 0 bridgehead atoms. The van der Waals surface area contributed by atoms with Crippen LogP contribution < -0.4 is 9.79 Å². The summed E-state index contributed by atoms with van der Waals surface area (Å²) in [6, 6.07) is 0. The summed E-state index contributed by atoms with van der Waals surface area (Å²) in [5.41, 5.74) is -0.0558. The fourth-order valence-electron chi connectivity index (χ4n) is 1.52. The Balaban J connectivity index is 4.96. The first-order chi connectivity index (χ1) is 13.3. The van der Waals surface area contributed by atoms with E-state index in [1.807, 2.05) is 42.3 Å². The molecule has 0 aromatic heterocycles. The van der Waals surface area contributed by atoms with Crippen molar-refractivity contribution in [3.8, 4) is 0 Å². The number of carbonyl (C=O) groups excluding carboxylic acids is 1. The van der Waals surface area contributed by atoms with E-state index in [1.54, 1.807) is 0 Å². The van der Waals surface area contributed by atoms with Gasteiger partial charge >= 0.3 is 5.97 Å². The predicted octanol–water partition coefficient (Wildman–Crippen LogP) is -0.153. The second-order valence-corrected chi connectivity index (χ2v) is 11.4. The van der Waals surface area contributed by atoms with Crippen molar-refractivity contribution >= 4 is 21.6 Å². The predicted molar refractivity (Wildman–Crippen MR) is 105 cm³/mol. The number of esters is 1. The number of hydrogen-bond acceptors (Lipinski definition) is 10. The highest BCUT2D eigenvalue weighted by Crippen LogP contribution is 2.42. The van der Waals surface area contributed by atoms with E-state index in [-0.39, 0.29) is 18.8 Å². The van der Waals surface area contributed by atoms with E-state index >= 15 is 0 Å². The third-order valence-electron chi connectivity index (χ3n) is 3.23. The van der Waals surface area contributed by atoms with Crippen molar-refractivity contribution in [3.63, 3.8) is 0 Å². The van der Waals surface area contributed by atoms with E-state index in [0.717, 1.165) is 0 Å². The van der Waals surface area contributed by atoms with Crippen molar-refractivity contribution in [2.45, 2.75) is 13.2 Å². The molecule has 0 N–H and O–H groups in total. The Kier molecular flexibility index (Phi) is 11.6. The third kappa shape index (κ3) is 16.1. The van der Waals surface area contributed by atoms with Gasteiger partial charge in [-0.25, -0.2) is 4.79 Å². The monoisotopic (exact) mass is 476 g/mol. The molecule has 14 heteroatoms. The first-order valence-corrected chi connectivity index (χ1v) is 12.0. The second-order valence-electron chi connectivity index (χ2n) is 8.61. The Morgan fingerprint density at radius 1 is 0.900 bits per heavy atom. The molecule has 0 saturated heterocycles. The maximum Gasteiger partial charge on any atom is 0.335 e. The van der Waals surface area contributed by atoms with Gasteiger partial charge in [-0.1, -0.05) is 6.58 Å². The van der Waals surface area contributed by atoms with E-state index in [9.17, 15) is 23.7 Å². The van der Waals surface area contributed by atoms with Crippen LogP contribution in [0.25, 0.3) is 0 Å². The summed E-state index contributed by atoms with van der Waals surface area (Å²) in [6.45, 7) is 4.10. The first-order valence-electron chi connectivity index (χ1n) is 9.03. The van der Waals surface area contributed by atoms with Gasteiger partial charge in [0.15, 0.2) is 0 Å². The molecule has 0 spiro atoms. The Hall–Kier alpha value is -0.650. The quantitative estimate of drug-likeness (QED) is 0.103. The largest absolute Gasteiger partial charge is 0.756 e. The normalized spacial score (nSPS) is 17.6. The average Bonchev–Trinajstić information content (AvgIpc) is 2.49. The number of phosphoric acid groups is 2. The van der Waals surface area contributed by atoms with E-state index in [4.69, 9.17) is 13.8 Å². The van der Waals surface area contributed by atoms with Crippen molar-refractivity contribution in [1.29, 1.82) is 0 Å². The number of nitrogens with zero attached hydrogens (tertiary/aromatic N) is 2. The molecule has 178 valence electrons. The lowest BCUT2D eigenvalue weighted by Crippen LogP contribution is -2.38. The fourth-order valence-corrected chi connectivity index (χ4v) is 2.96. The van der Waals surface area contributed by atoms with E-state index < -0.39 is 34.5 Å². The maximum absolute atomic E-state index is 12.0. The molecule has 0 radical (unpaired) electrons. The minimum Gasteiger partial charge on any atom is -0.756 e. The van der Waals surface area contributed by atoms with Crippen LogP contribution in [0.4, 0.5) is 0 Å². The van der Waals surface area contributed by atoms with Gasteiger partial charge in [-0.05, 0) is 6.92 Å². The molecule has 0 amide bonds. The molecule has 3 unspecified atom stereocenters. The third-order valence-corrected chi connectivity index (χ3v) is 5.18. The molecular formula is C16H34N2O10P2. The van der Waals surface area contributed by atoms with Crippen molar-refractivity contribution in [2.75, 3.05) is 75.2 Å². The van der Waals surface area contributed by atoms with Gasteiger partial charge in [-0.15, -0.1) is 0 Å². The summed E-state index contributed by atoms with van der Waals surface area (Å²) < 4.78 is 48.3. The smallest absolute Gasteiger partial charge is 0.335 e. The minimum absolute atomic E-state index is 0.0558. The molecule has 0 rings (SSSR count). The minimum atomic E-state index is -4.93. The lowest BCUT2D eigenvalue weighted by atomic mass is 10.4. The highest BCUT2D eigenvalue weighted by atomic mass is 31.2. The summed E-state index contributed by atoms with van der Waals surface area (Å²) in [5.74, 6) is -0.998. The van der Waals surface area contributed by atoms with E-state index in [1.165, 1.54) is 6.92 Å². The summed E-state index contributed by atoms with van der Waals surface area (Å²) in [7, 11) is 1.28. The van der Waals surface area contributed by atoms with Gasteiger partial charge in [-0.3, -0.25) is 13.7 Å². The van der Waals surface area contributed by atoms with Crippen molar-refractivity contribution in [2.24, 2.45) is 0 Å². The highest BCUT2D eigenvalue weighted by Gasteiger charge is 2.26. The molecule has 30 heavy (non-hydrogen) atoms. The van der Waals surface area contributed by atoms with Gasteiger partial charge in [0.25, 0.3) is 15.6 Å². The molecular weight excluding hydrogens is 442 g/mol. The van der Waals surface area contributed by atoms with Crippen LogP contribution in [0.1, 0.15) is 6.92 Å². The standard InChI is InChI=1S/C16H34N2O10P2/c1-14(2)16(19)27-15(28-30(22,23)25-12-10-18(6,7)8)13-26-29(20,21)24-11-9-17(3,4)5/h15H,1,9-13H2,2-8H3. The number of likely N-dealkylation sites (N-methyl/N-ethyl adjacent to an activating group) is 2. The molecule has 3 atom stereocenters. The molecule has 0 aromatic carbocycles. The number of hydrogen-bond donors (Lipinski definition) is 0. The van der Waals surface area contributed by atoms with E-state index in [2.05, 4.69) is 15.6 Å². The topological polar surface area (TPSA) is 143 Å². The molecule has 0 heterocycles. The number of carbonyl (C=O) groups is 1. The van der Waals surface area contributed by atoms with Crippen molar-refractivity contribution in [3.05, 3.63) is 12.2 Å². The number of phosphoric ester groups is 2. The lowest BCUT2D eigenvalue weighted by Gasteiger charge is -2.31. The number of rotatable bonds is 15. The Labute approximate surface area is 178 Å². The summed E-state index contributed by atoms with van der Waals surface area (Å²) >= 11 is 0.